The van der Waals surface area contributed by atoms with Crippen molar-refractivity contribution >= 4 is 15.8 Å². The Kier molecular flexibility index (Phi) is 9.25. The zero-order valence-electron chi connectivity index (χ0n) is 17.6. The van der Waals surface area contributed by atoms with E-state index >= 15 is 0 Å². The van der Waals surface area contributed by atoms with Crippen molar-refractivity contribution in [2.75, 3.05) is 40.0 Å². The number of hydrogen-bond acceptors (Lipinski definition) is 4. The molecule has 0 aromatic heterocycles. The van der Waals surface area contributed by atoms with Crippen LogP contribution in [-0.2, 0) is 16.3 Å². The van der Waals surface area contributed by atoms with Gasteiger partial charge in [-0.25, -0.2) is 8.42 Å². The van der Waals surface area contributed by atoms with E-state index in [9.17, 15) is 8.42 Å². The zero-order valence-corrected chi connectivity index (χ0v) is 18.4. The fourth-order valence-electron chi connectivity index (χ4n) is 3.69. The second-order valence-corrected chi connectivity index (χ2v) is 9.73. The largest absolute Gasteiger partial charge is 0.356 e. The van der Waals surface area contributed by atoms with E-state index in [1.54, 1.807) is 19.2 Å². The second kappa shape index (κ2) is 11.4. The quantitative estimate of drug-likeness (QED) is 0.373. The topological polar surface area (TPSA) is 73.8 Å². The molecule has 0 heterocycles. The van der Waals surface area contributed by atoms with Gasteiger partial charge in [-0.1, -0.05) is 31.4 Å². The Morgan fingerprint density at radius 2 is 1.75 bits per heavy atom. The van der Waals surface area contributed by atoms with Crippen LogP contribution < -0.4 is 10.6 Å². The van der Waals surface area contributed by atoms with Crippen molar-refractivity contribution in [3.8, 4) is 0 Å². The van der Waals surface area contributed by atoms with Gasteiger partial charge in [0.25, 0.3) is 0 Å². The van der Waals surface area contributed by atoms with Crippen molar-refractivity contribution in [2.45, 2.75) is 55.9 Å². The van der Waals surface area contributed by atoms with Gasteiger partial charge in [-0.05, 0) is 57.0 Å². The standard InChI is InChI=1S/C21H36N4O2S/c1-22-21(23-15-7-17-25(2)19-8-5-4-6-9-19)24-16-14-18-10-12-20(13-11-18)28(3,26)27/h10-13,19H,4-9,14-17H2,1-3H3,(H2,22,23,24). The minimum atomic E-state index is -3.13. The third kappa shape index (κ3) is 7.80. The maximum absolute atomic E-state index is 11.5. The number of nitrogens with one attached hydrogen (secondary N) is 2. The molecule has 2 N–H and O–H groups in total. The number of benzene rings is 1. The predicted molar refractivity (Wildman–Crippen MR) is 117 cm³/mol. The van der Waals surface area contributed by atoms with Crippen molar-refractivity contribution in [1.82, 2.24) is 15.5 Å². The Bertz CT molecular complexity index is 710. The fraction of sp³-hybridized carbons (Fsp3) is 0.667. The predicted octanol–water partition coefficient (Wildman–Crippen LogP) is 2.45. The first-order chi connectivity index (χ1) is 13.4. The van der Waals surface area contributed by atoms with E-state index < -0.39 is 9.84 Å². The first-order valence-electron chi connectivity index (χ1n) is 10.3. The Hall–Kier alpha value is -1.60. The smallest absolute Gasteiger partial charge is 0.190 e. The molecule has 1 saturated carbocycles. The maximum atomic E-state index is 11.5. The summed E-state index contributed by atoms with van der Waals surface area (Å²) in [6, 6.07) is 7.84. The van der Waals surface area contributed by atoms with Crippen LogP contribution >= 0.6 is 0 Å². The molecular formula is C21H36N4O2S. The Balaban J connectivity index is 1.63. The van der Waals surface area contributed by atoms with Gasteiger partial charge in [-0.15, -0.1) is 0 Å². The SMILES string of the molecule is CN=C(NCCCN(C)C1CCCCC1)NCCc1ccc(S(C)(=O)=O)cc1. The van der Waals surface area contributed by atoms with Crippen molar-refractivity contribution in [1.29, 1.82) is 0 Å². The summed E-state index contributed by atoms with van der Waals surface area (Å²) in [5, 5.41) is 6.70. The number of hydrogen-bond donors (Lipinski definition) is 2. The summed E-state index contributed by atoms with van der Waals surface area (Å²) in [6.07, 6.45) is 9.98. The van der Waals surface area contributed by atoms with E-state index in [0.717, 1.165) is 50.0 Å². The van der Waals surface area contributed by atoms with Gasteiger partial charge in [0.15, 0.2) is 15.8 Å². The molecule has 1 aromatic carbocycles. The van der Waals surface area contributed by atoms with Gasteiger partial charge in [-0.3, -0.25) is 4.99 Å². The van der Waals surface area contributed by atoms with Crippen molar-refractivity contribution in [2.24, 2.45) is 4.99 Å². The number of sulfone groups is 1. The monoisotopic (exact) mass is 408 g/mol. The van der Waals surface area contributed by atoms with E-state index in [-0.39, 0.29) is 0 Å². The average molecular weight is 409 g/mol. The van der Waals surface area contributed by atoms with Gasteiger partial charge in [0.2, 0.25) is 0 Å². The number of aliphatic imine (C=N–C) groups is 1. The molecule has 0 bridgehead atoms. The van der Waals surface area contributed by atoms with Crippen LogP contribution in [0, 0.1) is 0 Å². The van der Waals surface area contributed by atoms with Gasteiger partial charge >= 0.3 is 0 Å². The van der Waals surface area contributed by atoms with Crippen LogP contribution in [0.2, 0.25) is 0 Å². The number of nitrogens with zero attached hydrogens (tertiary/aromatic N) is 2. The van der Waals surface area contributed by atoms with Crippen LogP contribution in [0.4, 0.5) is 0 Å². The minimum absolute atomic E-state index is 0.361. The highest BCUT2D eigenvalue weighted by Gasteiger charge is 2.17. The number of guanidine groups is 1. The average Bonchev–Trinajstić information content (AvgIpc) is 2.70. The van der Waals surface area contributed by atoms with Crippen LogP contribution in [-0.4, -0.2) is 65.3 Å². The lowest BCUT2D eigenvalue weighted by Gasteiger charge is -2.31. The van der Waals surface area contributed by atoms with E-state index in [4.69, 9.17) is 0 Å². The lowest BCUT2D eigenvalue weighted by Crippen LogP contribution is -2.40. The summed E-state index contributed by atoms with van der Waals surface area (Å²) in [4.78, 5) is 7.15. The summed E-state index contributed by atoms with van der Waals surface area (Å²) in [5.41, 5.74) is 1.10. The molecular weight excluding hydrogens is 372 g/mol. The van der Waals surface area contributed by atoms with Crippen LogP contribution in [0.25, 0.3) is 0 Å². The summed E-state index contributed by atoms with van der Waals surface area (Å²) < 4.78 is 23.0. The summed E-state index contributed by atoms with van der Waals surface area (Å²) in [5.74, 6) is 0.813. The highest BCUT2D eigenvalue weighted by Crippen LogP contribution is 2.21. The van der Waals surface area contributed by atoms with Crippen LogP contribution in [0.3, 0.4) is 0 Å². The Labute approximate surface area is 170 Å². The van der Waals surface area contributed by atoms with E-state index in [2.05, 4.69) is 27.6 Å². The molecule has 1 aliphatic carbocycles. The van der Waals surface area contributed by atoms with Crippen molar-refractivity contribution < 1.29 is 8.42 Å². The van der Waals surface area contributed by atoms with Crippen LogP contribution in [0.5, 0.6) is 0 Å². The van der Waals surface area contributed by atoms with Gasteiger partial charge in [-0.2, -0.15) is 0 Å². The van der Waals surface area contributed by atoms with Crippen LogP contribution in [0.1, 0.15) is 44.1 Å². The zero-order chi connectivity index (χ0) is 20.4. The Morgan fingerprint density at radius 1 is 1.11 bits per heavy atom. The molecule has 7 heteroatoms. The molecule has 2 rings (SSSR count). The number of rotatable bonds is 9. The van der Waals surface area contributed by atoms with Gasteiger partial charge in [0.1, 0.15) is 0 Å². The maximum Gasteiger partial charge on any atom is 0.190 e. The van der Waals surface area contributed by atoms with Crippen molar-refractivity contribution in [3.63, 3.8) is 0 Å². The molecule has 0 radical (unpaired) electrons. The summed E-state index contributed by atoms with van der Waals surface area (Å²) in [7, 11) is 0.898. The van der Waals surface area contributed by atoms with Gasteiger partial charge in [0, 0.05) is 32.4 Å². The highest BCUT2D eigenvalue weighted by atomic mass is 32.2. The van der Waals surface area contributed by atoms with E-state index in [1.165, 1.54) is 38.4 Å². The fourth-order valence-corrected chi connectivity index (χ4v) is 4.32. The molecule has 0 saturated heterocycles. The summed E-state index contributed by atoms with van der Waals surface area (Å²) in [6.45, 7) is 2.76. The second-order valence-electron chi connectivity index (χ2n) is 7.72. The Morgan fingerprint density at radius 3 is 2.36 bits per heavy atom. The molecule has 1 fully saturated rings. The molecule has 6 nitrogen and oxygen atoms in total. The van der Waals surface area contributed by atoms with Gasteiger partial charge < -0.3 is 15.5 Å². The molecule has 28 heavy (non-hydrogen) atoms. The van der Waals surface area contributed by atoms with E-state index in [0.29, 0.717) is 4.90 Å². The summed E-state index contributed by atoms with van der Waals surface area (Å²) >= 11 is 0. The van der Waals surface area contributed by atoms with Crippen molar-refractivity contribution in [3.05, 3.63) is 29.8 Å². The molecule has 0 atom stereocenters. The normalized spacial score (nSPS) is 16.4. The lowest BCUT2D eigenvalue weighted by molar-refractivity contribution is 0.190. The highest BCUT2D eigenvalue weighted by molar-refractivity contribution is 7.90. The third-order valence-corrected chi connectivity index (χ3v) is 6.59. The lowest BCUT2D eigenvalue weighted by atomic mass is 9.94. The molecule has 0 spiro atoms. The van der Waals surface area contributed by atoms with E-state index in [1.807, 2.05) is 12.1 Å². The first kappa shape index (κ1) is 22.7. The first-order valence-corrected chi connectivity index (χ1v) is 12.2. The van der Waals surface area contributed by atoms with Gasteiger partial charge in [0.05, 0.1) is 4.90 Å². The minimum Gasteiger partial charge on any atom is -0.356 e. The van der Waals surface area contributed by atoms with Crippen LogP contribution in [0.15, 0.2) is 34.2 Å². The molecule has 0 aliphatic heterocycles. The molecule has 0 amide bonds. The third-order valence-electron chi connectivity index (χ3n) is 5.46. The molecule has 1 aliphatic rings. The molecule has 0 unspecified atom stereocenters. The molecule has 158 valence electrons. The molecule has 1 aromatic rings.